The second-order valence-electron chi connectivity index (χ2n) is 3.41. The number of pyridine rings is 1. The Morgan fingerprint density at radius 2 is 2.14 bits per heavy atom. The summed E-state index contributed by atoms with van der Waals surface area (Å²) >= 11 is 0. The molecule has 0 fully saturated rings. The van der Waals surface area contributed by atoms with Crippen LogP contribution < -0.4 is 15.8 Å². The predicted octanol–water partition coefficient (Wildman–Crippen LogP) is 1.04. The number of esters is 1. The summed E-state index contributed by atoms with van der Waals surface area (Å²) in [6.45, 7) is -1.00. The Morgan fingerprint density at radius 3 is 2.55 bits per heavy atom. The average molecular weight is 322 g/mol. The Bertz CT molecular complexity index is 527. The van der Waals surface area contributed by atoms with Crippen LogP contribution in [0.15, 0.2) is 6.07 Å². The Balaban J connectivity index is 0.00000211. The van der Waals surface area contributed by atoms with Crippen LogP contribution in [0.1, 0.15) is 10.4 Å². The monoisotopic (exact) mass is 322 g/mol. The van der Waals surface area contributed by atoms with Gasteiger partial charge in [-0.2, -0.15) is 4.98 Å². The van der Waals surface area contributed by atoms with Gasteiger partial charge in [0.05, 0.1) is 12.0 Å². The molecule has 11 heteroatoms. The van der Waals surface area contributed by atoms with E-state index >= 15 is 0 Å². The fourth-order valence-corrected chi connectivity index (χ4v) is 1.32. The number of carbonyl (C=O) groups excluding carboxylic acids is 1. The molecule has 1 aromatic heterocycles. The van der Waals surface area contributed by atoms with Crippen molar-refractivity contribution in [2.45, 2.75) is 6.43 Å². The molecule has 0 aliphatic heterocycles. The molecule has 0 aromatic carbocycles. The van der Waals surface area contributed by atoms with Crippen molar-refractivity contribution < 1.29 is 28.0 Å². The van der Waals surface area contributed by atoms with Crippen molar-refractivity contribution in [3.63, 3.8) is 0 Å². The molecule has 124 valence electrons. The molecular weight excluding hydrogens is 306 g/mol. The average Bonchev–Trinajstić information content (AvgIpc) is 2.52. The summed E-state index contributed by atoms with van der Waals surface area (Å²) in [6, 6.07) is 0.853. The third-order valence-corrected chi connectivity index (χ3v) is 2.15. The van der Waals surface area contributed by atoms with Gasteiger partial charge in [-0.1, -0.05) is 0 Å². The highest BCUT2D eigenvalue weighted by Gasteiger charge is 2.25. The van der Waals surface area contributed by atoms with Crippen molar-refractivity contribution in [3.8, 4) is 5.88 Å². The second-order valence-corrected chi connectivity index (χ2v) is 3.41. The van der Waals surface area contributed by atoms with Crippen molar-refractivity contribution in [2.75, 3.05) is 33.1 Å². The van der Waals surface area contributed by atoms with Crippen molar-refractivity contribution in [1.29, 1.82) is 0 Å². The number of anilines is 1. The van der Waals surface area contributed by atoms with Crippen LogP contribution in [-0.4, -0.2) is 50.1 Å². The first-order valence-corrected chi connectivity index (χ1v) is 5.84. The molecule has 0 saturated heterocycles. The molecule has 22 heavy (non-hydrogen) atoms. The standard InChI is InChI=1S/C10H11F2N3O5.CH5N/c1-13-8-6(15(17)18)3-5(10(16)19-2)9(14-8)20-4-7(11)12;1-2/h3,7H,4H2,1-2H3,(H,13,14);2H2,1H3. The Morgan fingerprint density at radius 1 is 1.55 bits per heavy atom. The SMILES string of the molecule is CN.CNc1nc(OCC(F)F)c(C(=O)OC)cc1[N+](=O)[O-]. The van der Waals surface area contributed by atoms with Crippen LogP contribution in [0.2, 0.25) is 0 Å². The molecule has 1 aromatic rings. The summed E-state index contributed by atoms with van der Waals surface area (Å²) < 4.78 is 33.3. The van der Waals surface area contributed by atoms with Gasteiger partial charge in [-0.25, -0.2) is 13.6 Å². The first-order chi connectivity index (χ1) is 10.4. The van der Waals surface area contributed by atoms with E-state index in [0.717, 1.165) is 13.2 Å². The first kappa shape index (κ1) is 19.4. The highest BCUT2D eigenvalue weighted by atomic mass is 19.3. The first-order valence-electron chi connectivity index (χ1n) is 5.84. The number of hydrogen-bond acceptors (Lipinski definition) is 8. The lowest BCUT2D eigenvalue weighted by atomic mass is 10.2. The number of halogens is 2. The lowest BCUT2D eigenvalue weighted by Crippen LogP contribution is -2.14. The zero-order chi connectivity index (χ0) is 17.3. The van der Waals surface area contributed by atoms with E-state index in [0.29, 0.717) is 0 Å². The molecule has 3 N–H and O–H groups in total. The fraction of sp³-hybridized carbons (Fsp3) is 0.455. The Kier molecular flexibility index (Phi) is 8.30. The summed E-state index contributed by atoms with van der Waals surface area (Å²) in [7, 11) is 3.89. The summed E-state index contributed by atoms with van der Waals surface area (Å²) in [5.41, 5.74) is 3.59. The number of alkyl halides is 2. The molecule has 0 spiro atoms. The molecule has 9 nitrogen and oxygen atoms in total. The largest absolute Gasteiger partial charge is 0.471 e. The topological polar surface area (TPSA) is 130 Å². The molecule has 0 aliphatic carbocycles. The van der Waals surface area contributed by atoms with Crippen LogP contribution in [0.4, 0.5) is 20.3 Å². The number of nitrogens with zero attached hydrogens (tertiary/aromatic N) is 2. The maximum Gasteiger partial charge on any atom is 0.343 e. The molecule has 0 unspecified atom stereocenters. The highest BCUT2D eigenvalue weighted by molar-refractivity contribution is 5.93. The number of nitrogens with two attached hydrogens (primary N) is 1. The van der Waals surface area contributed by atoms with E-state index in [-0.39, 0.29) is 5.82 Å². The normalized spacial score (nSPS) is 9.59. The molecule has 1 heterocycles. The van der Waals surface area contributed by atoms with Gasteiger partial charge in [-0.15, -0.1) is 0 Å². The molecule has 0 aliphatic rings. The number of rotatable bonds is 6. The minimum atomic E-state index is -2.78. The quantitative estimate of drug-likeness (QED) is 0.451. The zero-order valence-corrected chi connectivity index (χ0v) is 12.1. The van der Waals surface area contributed by atoms with Gasteiger partial charge in [0.1, 0.15) is 5.56 Å². The van der Waals surface area contributed by atoms with Crippen molar-refractivity contribution in [1.82, 2.24) is 4.98 Å². The molecule has 0 amide bonds. The number of nitro groups is 1. The van der Waals surface area contributed by atoms with E-state index in [9.17, 15) is 23.7 Å². The number of hydrogen-bond donors (Lipinski definition) is 2. The predicted molar refractivity (Wildman–Crippen MR) is 73.4 cm³/mol. The van der Waals surface area contributed by atoms with Gasteiger partial charge in [-0.05, 0) is 7.05 Å². The van der Waals surface area contributed by atoms with Crippen LogP contribution in [0.3, 0.4) is 0 Å². The third-order valence-electron chi connectivity index (χ3n) is 2.15. The van der Waals surface area contributed by atoms with Gasteiger partial charge in [0.25, 0.3) is 6.43 Å². The summed E-state index contributed by atoms with van der Waals surface area (Å²) in [6.07, 6.45) is -2.78. The van der Waals surface area contributed by atoms with Gasteiger partial charge >= 0.3 is 11.7 Å². The summed E-state index contributed by atoms with van der Waals surface area (Å²) in [5, 5.41) is 13.3. The number of nitrogens with one attached hydrogen (secondary N) is 1. The van der Waals surface area contributed by atoms with E-state index in [1.165, 1.54) is 14.1 Å². The van der Waals surface area contributed by atoms with Crippen LogP contribution in [-0.2, 0) is 4.74 Å². The van der Waals surface area contributed by atoms with Crippen molar-refractivity contribution in [2.24, 2.45) is 5.73 Å². The molecular formula is C11H16F2N4O5. The van der Waals surface area contributed by atoms with E-state index in [1.807, 2.05) is 0 Å². The van der Waals surface area contributed by atoms with E-state index < -0.39 is 41.1 Å². The number of carbonyl (C=O) groups is 1. The van der Waals surface area contributed by atoms with Gasteiger partial charge in [-0.3, -0.25) is 10.1 Å². The van der Waals surface area contributed by atoms with E-state index in [2.05, 4.69) is 25.5 Å². The van der Waals surface area contributed by atoms with Crippen LogP contribution in [0.5, 0.6) is 5.88 Å². The lowest BCUT2D eigenvalue weighted by molar-refractivity contribution is -0.384. The maximum atomic E-state index is 12.1. The molecule has 1 rings (SSSR count). The van der Waals surface area contributed by atoms with E-state index in [4.69, 9.17) is 0 Å². The van der Waals surface area contributed by atoms with Gasteiger partial charge in [0.2, 0.25) is 11.7 Å². The summed E-state index contributed by atoms with van der Waals surface area (Å²) in [5.74, 6) is -1.66. The van der Waals surface area contributed by atoms with Gasteiger partial charge in [0.15, 0.2) is 6.61 Å². The van der Waals surface area contributed by atoms with Crippen molar-refractivity contribution >= 4 is 17.5 Å². The van der Waals surface area contributed by atoms with Crippen molar-refractivity contribution in [3.05, 3.63) is 21.7 Å². The molecule has 0 atom stereocenters. The maximum absolute atomic E-state index is 12.1. The van der Waals surface area contributed by atoms with E-state index in [1.54, 1.807) is 0 Å². The van der Waals surface area contributed by atoms with Crippen LogP contribution >= 0.6 is 0 Å². The Hall–Kier alpha value is -2.56. The number of ether oxygens (including phenoxy) is 2. The zero-order valence-electron chi connectivity index (χ0n) is 12.1. The molecule has 0 saturated carbocycles. The highest BCUT2D eigenvalue weighted by Crippen LogP contribution is 2.29. The molecule has 0 radical (unpaired) electrons. The fourth-order valence-electron chi connectivity index (χ4n) is 1.32. The van der Waals surface area contributed by atoms with Gasteiger partial charge in [0, 0.05) is 13.1 Å². The van der Waals surface area contributed by atoms with Crippen LogP contribution in [0.25, 0.3) is 0 Å². The summed E-state index contributed by atoms with van der Waals surface area (Å²) in [4.78, 5) is 25.2. The second kappa shape index (κ2) is 9.39. The number of methoxy groups -OCH3 is 1. The number of aromatic nitrogens is 1. The third kappa shape index (κ3) is 5.09. The lowest BCUT2D eigenvalue weighted by Gasteiger charge is -2.10. The smallest absolute Gasteiger partial charge is 0.343 e. The molecule has 0 bridgehead atoms. The Labute approximate surface area is 124 Å². The van der Waals surface area contributed by atoms with Gasteiger partial charge < -0.3 is 20.5 Å². The minimum Gasteiger partial charge on any atom is -0.471 e. The van der Waals surface area contributed by atoms with Crippen LogP contribution in [0, 0.1) is 10.1 Å². The minimum absolute atomic E-state index is 0.216.